The summed E-state index contributed by atoms with van der Waals surface area (Å²) in [6.07, 6.45) is 2.56. The minimum Gasteiger partial charge on any atom is -0.409 e. The van der Waals surface area contributed by atoms with Crippen LogP contribution in [-0.4, -0.2) is 41.4 Å². The zero-order valence-corrected chi connectivity index (χ0v) is 7.86. The topological polar surface area (TPSA) is 166 Å². The van der Waals surface area contributed by atoms with Gasteiger partial charge in [-0.1, -0.05) is 5.16 Å². The van der Waals surface area contributed by atoms with E-state index in [1.54, 1.807) is 6.07 Å². The lowest BCUT2D eigenvalue weighted by Crippen LogP contribution is -2.14. The molecule has 2 aromatic heterocycles. The maximum atomic E-state index is 8.08. The van der Waals surface area contributed by atoms with Crippen LogP contribution in [0.3, 0.4) is 0 Å². The van der Waals surface area contributed by atoms with Gasteiger partial charge in [-0.2, -0.15) is 15.5 Å². The van der Waals surface area contributed by atoms with Gasteiger partial charge in [0.25, 0.3) is 0 Å². The second-order valence-electron chi connectivity index (χ2n) is 2.27. The highest BCUT2D eigenvalue weighted by atomic mass is 16.4. The van der Waals surface area contributed by atoms with Crippen molar-refractivity contribution in [3.05, 3.63) is 24.3 Å². The molecule has 0 fully saturated rings. The first-order valence-electron chi connectivity index (χ1n) is 3.86. The van der Waals surface area contributed by atoms with E-state index in [0.717, 1.165) is 0 Å². The largest absolute Gasteiger partial charge is 0.409 e. The summed E-state index contributed by atoms with van der Waals surface area (Å²) in [5.74, 6) is 0.435. The van der Waals surface area contributed by atoms with E-state index in [2.05, 4.69) is 35.5 Å². The highest BCUT2D eigenvalue weighted by molar-refractivity contribution is 5.93. The van der Waals surface area contributed by atoms with Crippen molar-refractivity contribution in [3.63, 3.8) is 0 Å². The van der Waals surface area contributed by atoms with Crippen LogP contribution in [0.25, 0.3) is 0 Å². The minimum absolute atomic E-state index is 0.0764. The van der Waals surface area contributed by atoms with Crippen molar-refractivity contribution < 1.29 is 5.21 Å². The lowest BCUT2D eigenvalue weighted by molar-refractivity contribution is 0.318. The van der Waals surface area contributed by atoms with Crippen LogP contribution in [0.15, 0.2) is 17.8 Å². The van der Waals surface area contributed by atoms with Crippen LogP contribution in [-0.2, 0) is 0 Å². The number of aromatic amines is 2. The Bertz CT molecular complexity index is 465. The third-order valence-corrected chi connectivity index (χ3v) is 1.29. The molecule has 0 amide bonds. The first-order chi connectivity index (χ1) is 7.77. The minimum atomic E-state index is -0.0764. The normalized spacial score (nSPS) is 10.1. The van der Waals surface area contributed by atoms with Gasteiger partial charge in [0, 0.05) is 0 Å². The molecule has 0 radical (unpaired) electrons. The number of H-pyrrole nitrogens is 2. The average molecular weight is 221 g/mol. The molecule has 5 N–H and O–H groups in total. The predicted octanol–water partition coefficient (Wildman–Crippen LogP) is -1.42. The lowest BCUT2D eigenvalue weighted by atomic mass is 10.6. The standard InChI is InChI=1S/C3H5N5O.C3H2N4/c4-2(8-9)3-5-1-6-7-3;4-1-3-5-2-6-7-3/h1,9H,(H2,4,8)(H,5,6,7);2H,(H,5,6,7). The SMILES string of the molecule is N#Cc1ncn[nH]1.NC(=NO)c1ncn[nH]1. The van der Waals surface area contributed by atoms with Gasteiger partial charge >= 0.3 is 0 Å². The number of amidine groups is 1. The molecular weight excluding hydrogens is 214 g/mol. The van der Waals surface area contributed by atoms with Gasteiger partial charge in [-0.15, -0.1) is 0 Å². The molecule has 0 saturated heterocycles. The second-order valence-corrected chi connectivity index (χ2v) is 2.27. The fraction of sp³-hybridized carbons (Fsp3) is 0. The molecule has 0 unspecified atom stereocenters. The molecular formula is C6H7N9O. The Hall–Kier alpha value is -2.96. The highest BCUT2D eigenvalue weighted by Crippen LogP contribution is 1.81. The number of oxime groups is 1. The fourth-order valence-electron chi connectivity index (χ4n) is 0.636. The first kappa shape index (κ1) is 11.1. The van der Waals surface area contributed by atoms with Crippen LogP contribution >= 0.6 is 0 Å². The zero-order chi connectivity index (χ0) is 11.8. The van der Waals surface area contributed by atoms with Gasteiger partial charge in [0.1, 0.15) is 18.7 Å². The molecule has 2 aromatic rings. The molecule has 16 heavy (non-hydrogen) atoms. The van der Waals surface area contributed by atoms with Crippen molar-refractivity contribution in [3.8, 4) is 6.07 Å². The molecule has 10 heteroatoms. The number of rotatable bonds is 1. The van der Waals surface area contributed by atoms with E-state index in [1.807, 2.05) is 0 Å². The lowest BCUT2D eigenvalue weighted by Gasteiger charge is -1.86. The van der Waals surface area contributed by atoms with Crippen molar-refractivity contribution in [2.75, 3.05) is 0 Å². The van der Waals surface area contributed by atoms with Crippen molar-refractivity contribution in [1.82, 2.24) is 30.4 Å². The molecule has 0 atom stereocenters. The highest BCUT2D eigenvalue weighted by Gasteiger charge is 1.98. The number of aromatic nitrogens is 6. The van der Waals surface area contributed by atoms with Gasteiger partial charge < -0.3 is 10.9 Å². The van der Waals surface area contributed by atoms with E-state index >= 15 is 0 Å². The summed E-state index contributed by atoms with van der Waals surface area (Å²) in [5.41, 5.74) is 5.10. The van der Waals surface area contributed by atoms with E-state index in [0.29, 0.717) is 0 Å². The number of nitriles is 1. The smallest absolute Gasteiger partial charge is 0.228 e. The molecule has 0 saturated carbocycles. The van der Waals surface area contributed by atoms with E-state index in [1.165, 1.54) is 12.7 Å². The molecule has 0 aliphatic carbocycles. The van der Waals surface area contributed by atoms with Gasteiger partial charge in [0.2, 0.25) is 11.7 Å². The van der Waals surface area contributed by atoms with Crippen LogP contribution in [0.2, 0.25) is 0 Å². The summed E-state index contributed by atoms with van der Waals surface area (Å²) in [5, 5.41) is 30.5. The first-order valence-corrected chi connectivity index (χ1v) is 3.86. The number of hydrogen-bond donors (Lipinski definition) is 4. The van der Waals surface area contributed by atoms with Gasteiger partial charge in [-0.05, 0) is 0 Å². The third kappa shape index (κ3) is 3.07. The second kappa shape index (κ2) is 5.70. The number of hydrogen-bond acceptors (Lipinski definition) is 7. The van der Waals surface area contributed by atoms with Crippen LogP contribution in [0.4, 0.5) is 0 Å². The summed E-state index contributed by atoms with van der Waals surface area (Å²) >= 11 is 0. The Balaban J connectivity index is 0.000000165. The third-order valence-electron chi connectivity index (χ3n) is 1.29. The van der Waals surface area contributed by atoms with E-state index in [9.17, 15) is 0 Å². The molecule has 0 spiro atoms. The van der Waals surface area contributed by atoms with Crippen LogP contribution in [0.5, 0.6) is 0 Å². The van der Waals surface area contributed by atoms with Crippen molar-refractivity contribution >= 4 is 5.84 Å². The van der Waals surface area contributed by atoms with Gasteiger partial charge in [0.05, 0.1) is 0 Å². The average Bonchev–Trinajstić information content (AvgIpc) is 3.01. The quantitative estimate of drug-likeness (QED) is 0.198. The number of nitrogens with two attached hydrogens (primary N) is 1. The van der Waals surface area contributed by atoms with Crippen molar-refractivity contribution in [2.24, 2.45) is 10.9 Å². The van der Waals surface area contributed by atoms with Crippen LogP contribution < -0.4 is 5.73 Å². The molecule has 0 aliphatic rings. The van der Waals surface area contributed by atoms with Gasteiger partial charge in [-0.25, -0.2) is 9.97 Å². The summed E-state index contributed by atoms with van der Waals surface area (Å²) in [7, 11) is 0. The Morgan fingerprint density at radius 2 is 2.06 bits per heavy atom. The van der Waals surface area contributed by atoms with Gasteiger partial charge in [-0.3, -0.25) is 10.2 Å². The summed E-state index contributed by atoms with van der Waals surface area (Å²) < 4.78 is 0. The summed E-state index contributed by atoms with van der Waals surface area (Å²) in [4.78, 5) is 7.11. The Morgan fingerprint density at radius 1 is 1.38 bits per heavy atom. The zero-order valence-electron chi connectivity index (χ0n) is 7.86. The molecule has 2 rings (SSSR count). The van der Waals surface area contributed by atoms with Crippen LogP contribution in [0.1, 0.15) is 11.6 Å². The van der Waals surface area contributed by atoms with Crippen molar-refractivity contribution in [2.45, 2.75) is 0 Å². The number of nitrogens with one attached hydrogen (secondary N) is 2. The number of nitrogens with zero attached hydrogens (tertiary/aromatic N) is 6. The predicted molar refractivity (Wildman–Crippen MR) is 50.0 cm³/mol. The fourth-order valence-corrected chi connectivity index (χ4v) is 0.636. The monoisotopic (exact) mass is 221 g/mol. The van der Waals surface area contributed by atoms with Crippen LogP contribution in [0, 0.1) is 11.3 Å². The van der Waals surface area contributed by atoms with E-state index in [-0.39, 0.29) is 17.5 Å². The molecule has 2 heterocycles. The van der Waals surface area contributed by atoms with E-state index < -0.39 is 0 Å². The Labute approximate surface area is 88.8 Å². The van der Waals surface area contributed by atoms with Gasteiger partial charge in [0.15, 0.2) is 5.82 Å². The molecule has 10 nitrogen and oxygen atoms in total. The van der Waals surface area contributed by atoms with Crippen molar-refractivity contribution in [1.29, 1.82) is 5.26 Å². The maximum absolute atomic E-state index is 8.08. The summed E-state index contributed by atoms with van der Waals surface area (Å²) in [6, 6.07) is 1.78. The Morgan fingerprint density at radius 3 is 2.44 bits per heavy atom. The molecule has 0 aromatic carbocycles. The molecule has 82 valence electrons. The molecule has 0 aliphatic heterocycles. The van der Waals surface area contributed by atoms with E-state index in [4.69, 9.17) is 16.2 Å². The molecule has 0 bridgehead atoms. The summed E-state index contributed by atoms with van der Waals surface area (Å²) in [6.45, 7) is 0. The Kier molecular flexibility index (Phi) is 3.96. The maximum Gasteiger partial charge on any atom is 0.228 e.